The first-order valence-corrected chi connectivity index (χ1v) is 7.33. The maximum absolute atomic E-state index is 13.2. The van der Waals surface area contributed by atoms with Crippen molar-refractivity contribution in [3.05, 3.63) is 35.5 Å². The Hall–Kier alpha value is -1.50. The molecular weight excluding hydrogens is 313 g/mol. The number of hydrogen-bond donors (Lipinski definition) is 2. The van der Waals surface area contributed by atoms with Gasteiger partial charge in [-0.05, 0) is 25.1 Å². The van der Waals surface area contributed by atoms with E-state index in [2.05, 4.69) is 15.6 Å². The standard InChI is InChI=1S/C14H14FN3OS.ClH/c15-11-3-1-2-9(6-11)12-8-20-14(17-12)18-13(19)10-4-5-16-7-10;/h1-3,6,8,10,16H,4-5,7H2,(H,17,18,19);1H. The minimum absolute atomic E-state index is 0. The number of benzene rings is 1. The maximum Gasteiger partial charge on any atom is 0.230 e. The van der Waals surface area contributed by atoms with Gasteiger partial charge >= 0.3 is 0 Å². The average Bonchev–Trinajstić information content (AvgIpc) is 3.10. The quantitative estimate of drug-likeness (QED) is 0.911. The van der Waals surface area contributed by atoms with Gasteiger partial charge in [0.25, 0.3) is 0 Å². The molecule has 0 aliphatic carbocycles. The van der Waals surface area contributed by atoms with Crippen molar-refractivity contribution in [2.24, 2.45) is 5.92 Å². The summed E-state index contributed by atoms with van der Waals surface area (Å²) in [5.74, 6) is -0.287. The molecule has 1 aromatic heterocycles. The Morgan fingerprint density at radius 3 is 3.05 bits per heavy atom. The van der Waals surface area contributed by atoms with Crippen LogP contribution in [0.5, 0.6) is 0 Å². The van der Waals surface area contributed by atoms with E-state index in [1.54, 1.807) is 12.1 Å². The number of aromatic nitrogens is 1. The molecule has 21 heavy (non-hydrogen) atoms. The Bertz CT molecular complexity index is 628. The van der Waals surface area contributed by atoms with Crippen molar-refractivity contribution in [1.29, 1.82) is 0 Å². The van der Waals surface area contributed by atoms with Crippen molar-refractivity contribution in [3.63, 3.8) is 0 Å². The topological polar surface area (TPSA) is 54.0 Å². The molecule has 2 aromatic rings. The van der Waals surface area contributed by atoms with E-state index >= 15 is 0 Å². The van der Waals surface area contributed by atoms with Crippen LogP contribution in [0.1, 0.15) is 6.42 Å². The lowest BCUT2D eigenvalue weighted by Crippen LogP contribution is -2.24. The molecule has 0 saturated carbocycles. The molecule has 1 fully saturated rings. The van der Waals surface area contributed by atoms with Gasteiger partial charge in [-0.3, -0.25) is 4.79 Å². The van der Waals surface area contributed by atoms with E-state index in [-0.39, 0.29) is 30.0 Å². The number of amides is 1. The molecule has 1 atom stereocenters. The fourth-order valence-corrected chi connectivity index (χ4v) is 2.92. The number of hydrogen-bond acceptors (Lipinski definition) is 4. The first-order chi connectivity index (χ1) is 9.72. The minimum Gasteiger partial charge on any atom is -0.316 e. The summed E-state index contributed by atoms with van der Waals surface area (Å²) in [4.78, 5) is 16.3. The number of nitrogens with zero attached hydrogens (tertiary/aromatic N) is 1. The monoisotopic (exact) mass is 327 g/mol. The Kier molecular flexibility index (Phi) is 5.27. The number of carbonyl (C=O) groups is 1. The molecule has 0 bridgehead atoms. The maximum atomic E-state index is 13.2. The summed E-state index contributed by atoms with van der Waals surface area (Å²) in [6.45, 7) is 1.60. The van der Waals surface area contributed by atoms with E-state index in [1.165, 1.54) is 23.5 Å². The number of carbonyl (C=O) groups excluding carboxylic acids is 1. The third-order valence-corrected chi connectivity index (χ3v) is 4.04. The highest BCUT2D eigenvalue weighted by atomic mass is 35.5. The Morgan fingerprint density at radius 2 is 2.33 bits per heavy atom. The van der Waals surface area contributed by atoms with Crippen LogP contribution in [0, 0.1) is 11.7 Å². The second-order valence-corrected chi connectivity index (χ2v) is 5.59. The van der Waals surface area contributed by atoms with Gasteiger partial charge in [0.15, 0.2) is 5.13 Å². The van der Waals surface area contributed by atoms with E-state index in [4.69, 9.17) is 0 Å². The lowest BCUT2D eigenvalue weighted by Gasteiger charge is -2.06. The second kappa shape index (κ2) is 6.98. The predicted molar refractivity (Wildman–Crippen MR) is 84.4 cm³/mol. The van der Waals surface area contributed by atoms with E-state index in [9.17, 15) is 9.18 Å². The zero-order valence-electron chi connectivity index (χ0n) is 11.1. The zero-order valence-corrected chi connectivity index (χ0v) is 12.8. The third kappa shape index (κ3) is 3.78. The molecular formula is C14H15ClFN3OS. The largest absolute Gasteiger partial charge is 0.316 e. The zero-order chi connectivity index (χ0) is 13.9. The number of thiazole rings is 1. The molecule has 1 aromatic carbocycles. The van der Waals surface area contributed by atoms with Gasteiger partial charge in [-0.2, -0.15) is 0 Å². The van der Waals surface area contributed by atoms with Crippen LogP contribution in [0.15, 0.2) is 29.6 Å². The van der Waals surface area contributed by atoms with Crippen LogP contribution in [-0.2, 0) is 4.79 Å². The van der Waals surface area contributed by atoms with Crippen LogP contribution in [-0.4, -0.2) is 24.0 Å². The van der Waals surface area contributed by atoms with E-state index < -0.39 is 0 Å². The van der Waals surface area contributed by atoms with Crippen LogP contribution in [0.2, 0.25) is 0 Å². The van der Waals surface area contributed by atoms with E-state index in [1.807, 2.05) is 5.38 Å². The summed E-state index contributed by atoms with van der Waals surface area (Å²) >= 11 is 1.35. The van der Waals surface area contributed by atoms with E-state index in [0.29, 0.717) is 22.9 Å². The predicted octanol–water partition coefficient (Wildman–Crippen LogP) is 2.92. The van der Waals surface area contributed by atoms with Crippen molar-refractivity contribution in [2.75, 3.05) is 18.4 Å². The summed E-state index contributed by atoms with van der Waals surface area (Å²) in [5.41, 5.74) is 1.39. The van der Waals surface area contributed by atoms with Gasteiger partial charge in [-0.1, -0.05) is 12.1 Å². The fourth-order valence-electron chi connectivity index (χ4n) is 2.20. The third-order valence-electron chi connectivity index (χ3n) is 3.29. The molecule has 0 spiro atoms. The Morgan fingerprint density at radius 1 is 1.48 bits per heavy atom. The van der Waals surface area contributed by atoms with Gasteiger partial charge in [-0.15, -0.1) is 23.7 Å². The highest BCUT2D eigenvalue weighted by Crippen LogP contribution is 2.25. The normalized spacial score (nSPS) is 17.3. The molecule has 0 radical (unpaired) electrons. The molecule has 1 aliphatic heterocycles. The molecule has 1 aliphatic rings. The van der Waals surface area contributed by atoms with Gasteiger partial charge in [0, 0.05) is 17.5 Å². The van der Waals surface area contributed by atoms with Crippen molar-refractivity contribution in [2.45, 2.75) is 6.42 Å². The van der Waals surface area contributed by atoms with E-state index in [0.717, 1.165) is 13.0 Å². The Balaban J connectivity index is 0.00000161. The SMILES string of the molecule is Cl.O=C(Nc1nc(-c2cccc(F)c2)cs1)C1CCNC1. The summed E-state index contributed by atoms with van der Waals surface area (Å²) in [6, 6.07) is 6.27. The number of halogens is 2. The number of rotatable bonds is 3. The van der Waals surface area contributed by atoms with Crippen molar-refractivity contribution >= 4 is 34.8 Å². The molecule has 2 N–H and O–H groups in total. The molecule has 1 saturated heterocycles. The van der Waals surface area contributed by atoms with Gasteiger partial charge in [0.05, 0.1) is 11.6 Å². The van der Waals surface area contributed by atoms with Crippen LogP contribution in [0.4, 0.5) is 9.52 Å². The Labute approximate surface area is 132 Å². The fraction of sp³-hybridized carbons (Fsp3) is 0.286. The van der Waals surface area contributed by atoms with Crippen LogP contribution >= 0.6 is 23.7 Å². The van der Waals surface area contributed by atoms with Crippen molar-refractivity contribution < 1.29 is 9.18 Å². The molecule has 1 unspecified atom stereocenters. The molecule has 1 amide bonds. The highest BCUT2D eigenvalue weighted by Gasteiger charge is 2.23. The van der Waals surface area contributed by atoms with Crippen molar-refractivity contribution in [1.82, 2.24) is 10.3 Å². The number of nitrogens with one attached hydrogen (secondary N) is 2. The molecule has 2 heterocycles. The lowest BCUT2D eigenvalue weighted by atomic mass is 10.1. The second-order valence-electron chi connectivity index (χ2n) is 4.73. The average molecular weight is 328 g/mol. The van der Waals surface area contributed by atoms with Gasteiger partial charge in [-0.25, -0.2) is 9.37 Å². The summed E-state index contributed by atoms with van der Waals surface area (Å²) in [6.07, 6.45) is 0.855. The molecule has 3 rings (SSSR count). The van der Waals surface area contributed by atoms with Gasteiger partial charge in [0.1, 0.15) is 5.82 Å². The molecule has 7 heteroatoms. The lowest BCUT2D eigenvalue weighted by molar-refractivity contribution is -0.119. The smallest absolute Gasteiger partial charge is 0.230 e. The summed E-state index contributed by atoms with van der Waals surface area (Å²) < 4.78 is 13.2. The molecule has 112 valence electrons. The summed E-state index contributed by atoms with van der Waals surface area (Å²) in [7, 11) is 0. The number of anilines is 1. The van der Waals surface area contributed by atoms with Crippen molar-refractivity contribution in [3.8, 4) is 11.3 Å². The summed E-state index contributed by atoms with van der Waals surface area (Å²) in [5, 5.41) is 8.35. The first-order valence-electron chi connectivity index (χ1n) is 6.45. The van der Waals surface area contributed by atoms with Gasteiger partial charge in [0.2, 0.25) is 5.91 Å². The van der Waals surface area contributed by atoms with Gasteiger partial charge < -0.3 is 10.6 Å². The van der Waals surface area contributed by atoms with Crippen LogP contribution in [0.3, 0.4) is 0 Å². The van der Waals surface area contributed by atoms with Crippen LogP contribution < -0.4 is 10.6 Å². The highest BCUT2D eigenvalue weighted by molar-refractivity contribution is 7.14. The minimum atomic E-state index is -0.293. The molecule has 4 nitrogen and oxygen atoms in total. The first kappa shape index (κ1) is 15.9. The van der Waals surface area contributed by atoms with Crippen LogP contribution in [0.25, 0.3) is 11.3 Å².